The maximum atomic E-state index is 11.8. The molecule has 2 N–H and O–H groups in total. The summed E-state index contributed by atoms with van der Waals surface area (Å²) >= 11 is 3.23. The topological polar surface area (TPSA) is 98.3 Å². The molecule has 0 aromatic heterocycles. The van der Waals surface area contributed by atoms with Gasteiger partial charge in [0.05, 0.1) is 5.56 Å². The third kappa shape index (κ3) is 5.55. The van der Waals surface area contributed by atoms with Gasteiger partial charge in [-0.1, -0.05) is 19.1 Å². The molecule has 0 saturated heterocycles. The van der Waals surface area contributed by atoms with Gasteiger partial charge in [0.2, 0.25) is 5.91 Å². The molecule has 2 amide bonds. The van der Waals surface area contributed by atoms with Crippen LogP contribution in [-0.4, -0.2) is 17.8 Å². The van der Waals surface area contributed by atoms with Gasteiger partial charge in [-0.05, 0) is 46.8 Å². The van der Waals surface area contributed by atoms with E-state index >= 15 is 0 Å². The van der Waals surface area contributed by atoms with Crippen LogP contribution < -0.4 is 16.0 Å². The van der Waals surface area contributed by atoms with Crippen LogP contribution in [0.2, 0.25) is 0 Å². The van der Waals surface area contributed by atoms with Crippen molar-refractivity contribution in [1.82, 2.24) is 10.9 Å². The molecule has 0 saturated carbocycles. The van der Waals surface area contributed by atoms with Crippen LogP contribution in [0.15, 0.2) is 28.7 Å². The van der Waals surface area contributed by atoms with E-state index in [1.54, 1.807) is 31.2 Å². The molecule has 0 heterocycles. The second-order valence-electron chi connectivity index (χ2n) is 4.45. The van der Waals surface area contributed by atoms with E-state index in [0.717, 1.165) is 0 Å². The average molecular weight is 356 g/mol. The Morgan fingerprint density at radius 3 is 2.48 bits per heavy atom. The number of amides is 2. The first-order valence-corrected chi connectivity index (χ1v) is 7.29. The van der Waals surface area contributed by atoms with Gasteiger partial charge in [0, 0.05) is 16.9 Å². The van der Waals surface area contributed by atoms with E-state index in [4.69, 9.17) is 0 Å². The van der Waals surface area contributed by atoms with Crippen molar-refractivity contribution in [3.63, 3.8) is 0 Å². The molecule has 0 bridgehead atoms. The second-order valence-corrected chi connectivity index (χ2v) is 5.30. The molecule has 1 aromatic rings. The number of hydrogen-bond donors (Lipinski definition) is 2. The largest absolute Gasteiger partial charge is 0.550 e. The molecule has 0 spiro atoms. The van der Waals surface area contributed by atoms with Gasteiger partial charge in [0.25, 0.3) is 5.91 Å². The summed E-state index contributed by atoms with van der Waals surface area (Å²) < 4.78 is 0.611. The number of rotatable bonds is 6. The van der Waals surface area contributed by atoms with Crippen molar-refractivity contribution in [1.29, 1.82) is 0 Å². The lowest BCUT2D eigenvalue weighted by atomic mass is 10.0. The first-order chi connectivity index (χ1) is 9.95. The molecule has 0 fully saturated rings. The lowest BCUT2D eigenvalue weighted by Crippen LogP contribution is -2.42. The van der Waals surface area contributed by atoms with E-state index < -0.39 is 23.7 Å². The summed E-state index contributed by atoms with van der Waals surface area (Å²) in [5.41, 5.74) is 4.92. The van der Waals surface area contributed by atoms with Crippen LogP contribution in [0.5, 0.6) is 0 Å². The molecule has 0 aliphatic carbocycles. The standard InChI is InChI=1S/C14H17BrN2O4/c1-2-9(14(20)21)7-8-12(18)16-17-13(19)10-5-3-4-6-11(10)15/h3-6,9H,2,7-8H2,1H3,(H,16,18)(H,17,19)(H,20,21)/p-1/t9-/m1/s1. The zero-order valence-electron chi connectivity index (χ0n) is 11.5. The third-order valence-electron chi connectivity index (χ3n) is 2.98. The molecule has 21 heavy (non-hydrogen) atoms. The van der Waals surface area contributed by atoms with Crippen LogP contribution in [-0.2, 0) is 9.59 Å². The zero-order chi connectivity index (χ0) is 15.8. The molecule has 0 aliphatic rings. The minimum Gasteiger partial charge on any atom is -0.550 e. The van der Waals surface area contributed by atoms with Gasteiger partial charge in [0.1, 0.15) is 0 Å². The summed E-state index contributed by atoms with van der Waals surface area (Å²) in [5.74, 6) is -2.73. The maximum Gasteiger partial charge on any atom is 0.270 e. The van der Waals surface area contributed by atoms with Gasteiger partial charge in [0.15, 0.2) is 0 Å². The van der Waals surface area contributed by atoms with Crippen LogP contribution in [0, 0.1) is 5.92 Å². The van der Waals surface area contributed by atoms with E-state index in [-0.39, 0.29) is 12.8 Å². The molecule has 7 heteroatoms. The highest BCUT2D eigenvalue weighted by Crippen LogP contribution is 2.15. The van der Waals surface area contributed by atoms with Crippen molar-refractivity contribution in [2.24, 2.45) is 5.92 Å². The van der Waals surface area contributed by atoms with E-state index in [2.05, 4.69) is 26.8 Å². The Balaban J connectivity index is 2.41. The molecule has 0 radical (unpaired) electrons. The fourth-order valence-electron chi connectivity index (χ4n) is 1.70. The Morgan fingerprint density at radius 2 is 1.90 bits per heavy atom. The summed E-state index contributed by atoms with van der Waals surface area (Å²) in [4.78, 5) is 34.1. The minimum absolute atomic E-state index is 0.00270. The Bertz CT molecular complexity index is 533. The number of carbonyl (C=O) groups excluding carboxylic acids is 3. The summed E-state index contributed by atoms with van der Waals surface area (Å²) in [6.45, 7) is 1.72. The fraction of sp³-hybridized carbons (Fsp3) is 0.357. The van der Waals surface area contributed by atoms with Gasteiger partial charge in [-0.2, -0.15) is 0 Å². The predicted molar refractivity (Wildman–Crippen MR) is 77.8 cm³/mol. The predicted octanol–water partition coefficient (Wildman–Crippen LogP) is 0.766. The molecular formula is C14H16BrN2O4-. The molecular weight excluding hydrogens is 340 g/mol. The van der Waals surface area contributed by atoms with Gasteiger partial charge in [-0.25, -0.2) is 0 Å². The Kier molecular flexibility index (Phi) is 6.87. The summed E-state index contributed by atoms with van der Waals surface area (Å²) in [5, 5.41) is 10.7. The van der Waals surface area contributed by atoms with Gasteiger partial charge < -0.3 is 9.90 Å². The Morgan fingerprint density at radius 1 is 1.24 bits per heavy atom. The van der Waals surface area contributed by atoms with E-state index in [0.29, 0.717) is 16.5 Å². The number of aliphatic carboxylic acids is 1. The highest BCUT2D eigenvalue weighted by molar-refractivity contribution is 9.10. The number of benzene rings is 1. The first kappa shape index (κ1) is 17.2. The fourth-order valence-corrected chi connectivity index (χ4v) is 2.16. The van der Waals surface area contributed by atoms with Gasteiger partial charge in [-0.3, -0.25) is 20.4 Å². The maximum absolute atomic E-state index is 11.8. The van der Waals surface area contributed by atoms with Crippen LogP contribution >= 0.6 is 15.9 Å². The molecule has 114 valence electrons. The van der Waals surface area contributed by atoms with Crippen molar-refractivity contribution in [2.45, 2.75) is 26.2 Å². The van der Waals surface area contributed by atoms with Crippen molar-refractivity contribution < 1.29 is 19.5 Å². The highest BCUT2D eigenvalue weighted by Gasteiger charge is 2.12. The molecule has 0 aliphatic heterocycles. The summed E-state index contributed by atoms with van der Waals surface area (Å²) in [7, 11) is 0. The number of carboxylic acid groups (broad SMARTS) is 1. The summed E-state index contributed by atoms with van der Waals surface area (Å²) in [6.07, 6.45) is 0.581. The van der Waals surface area contributed by atoms with Crippen molar-refractivity contribution in [3.8, 4) is 0 Å². The van der Waals surface area contributed by atoms with Crippen LogP contribution in [0.1, 0.15) is 36.5 Å². The molecule has 1 atom stereocenters. The number of carbonyl (C=O) groups is 3. The lowest BCUT2D eigenvalue weighted by molar-refractivity contribution is -0.311. The molecule has 0 unspecified atom stereocenters. The number of hydrogen-bond acceptors (Lipinski definition) is 4. The lowest BCUT2D eigenvalue weighted by Gasteiger charge is -2.15. The normalized spacial score (nSPS) is 11.5. The Hall–Kier alpha value is -1.89. The number of nitrogens with one attached hydrogen (secondary N) is 2. The monoisotopic (exact) mass is 355 g/mol. The van der Waals surface area contributed by atoms with Crippen LogP contribution in [0.25, 0.3) is 0 Å². The number of carboxylic acids is 1. The smallest absolute Gasteiger partial charge is 0.270 e. The van der Waals surface area contributed by atoms with Crippen molar-refractivity contribution in [2.75, 3.05) is 0 Å². The van der Waals surface area contributed by atoms with Crippen molar-refractivity contribution >= 4 is 33.7 Å². The quantitative estimate of drug-likeness (QED) is 0.736. The first-order valence-electron chi connectivity index (χ1n) is 6.50. The highest BCUT2D eigenvalue weighted by atomic mass is 79.9. The summed E-state index contributed by atoms with van der Waals surface area (Å²) in [6, 6.07) is 6.79. The molecule has 1 rings (SSSR count). The van der Waals surface area contributed by atoms with Crippen LogP contribution in [0.4, 0.5) is 0 Å². The molecule has 1 aromatic carbocycles. The van der Waals surface area contributed by atoms with Crippen molar-refractivity contribution in [3.05, 3.63) is 34.3 Å². The second kappa shape index (κ2) is 8.41. The van der Waals surface area contributed by atoms with E-state index in [1.165, 1.54) is 0 Å². The minimum atomic E-state index is -1.16. The van der Waals surface area contributed by atoms with Crippen LogP contribution in [0.3, 0.4) is 0 Å². The zero-order valence-corrected chi connectivity index (χ0v) is 13.1. The molecule has 6 nitrogen and oxygen atoms in total. The number of halogens is 1. The number of hydrazine groups is 1. The third-order valence-corrected chi connectivity index (χ3v) is 3.67. The SMILES string of the molecule is CC[C@H](CCC(=O)NNC(=O)c1ccccc1Br)C(=O)[O-]. The Labute approximate surface area is 131 Å². The average Bonchev–Trinajstić information content (AvgIpc) is 2.45. The van der Waals surface area contributed by atoms with Gasteiger partial charge in [-0.15, -0.1) is 0 Å². The van der Waals surface area contributed by atoms with E-state index in [1.807, 2.05) is 0 Å². The van der Waals surface area contributed by atoms with E-state index in [9.17, 15) is 19.5 Å². The van der Waals surface area contributed by atoms with Gasteiger partial charge >= 0.3 is 0 Å².